The van der Waals surface area contributed by atoms with Crippen molar-refractivity contribution in [2.75, 3.05) is 10.7 Å². The number of hydrazine groups is 1. The molecule has 3 rings (SSSR count). The van der Waals surface area contributed by atoms with E-state index in [1.807, 2.05) is 31.2 Å². The van der Waals surface area contributed by atoms with Gasteiger partial charge in [0.2, 0.25) is 10.0 Å². The van der Waals surface area contributed by atoms with Crippen LogP contribution in [-0.2, 0) is 16.6 Å². The fourth-order valence-electron chi connectivity index (χ4n) is 2.65. The van der Waals surface area contributed by atoms with Gasteiger partial charge in [0.25, 0.3) is 0 Å². The van der Waals surface area contributed by atoms with Crippen LogP contribution < -0.4 is 19.9 Å². The summed E-state index contributed by atoms with van der Waals surface area (Å²) >= 11 is 6.09. The zero-order valence-electron chi connectivity index (χ0n) is 14.7. The van der Waals surface area contributed by atoms with Gasteiger partial charge >= 0.3 is 6.03 Å². The van der Waals surface area contributed by atoms with Crippen LogP contribution in [0.3, 0.4) is 0 Å². The lowest BCUT2D eigenvalue weighted by Gasteiger charge is -2.22. The Kier molecular flexibility index (Phi) is 5.88. The van der Waals surface area contributed by atoms with Crippen molar-refractivity contribution in [3.8, 4) is 11.5 Å². The molecule has 2 N–H and O–H groups in total. The maximum atomic E-state index is 12.7. The molecule has 9 heteroatoms. The number of sulfonamides is 1. The summed E-state index contributed by atoms with van der Waals surface area (Å²) in [5, 5.41) is 0.435. The molecule has 0 aliphatic carbocycles. The van der Waals surface area contributed by atoms with Gasteiger partial charge in [0.05, 0.1) is 18.0 Å². The molecular weight excluding hydrogens is 390 g/mol. The third-order valence-corrected chi connectivity index (χ3v) is 5.53. The Balaban J connectivity index is 1.87. The van der Waals surface area contributed by atoms with Crippen LogP contribution in [0, 0.1) is 0 Å². The number of anilines is 1. The van der Waals surface area contributed by atoms with Crippen LogP contribution >= 0.6 is 11.6 Å². The molecule has 2 amide bonds. The monoisotopic (exact) mass is 409 g/mol. The highest BCUT2D eigenvalue weighted by Gasteiger charge is 2.26. The Labute approximate surface area is 163 Å². The SMILES string of the molecule is CCCCS(=O)(=O)NNC(=O)N1Cc2ccccc2Oc2ccc(Cl)cc21. The van der Waals surface area contributed by atoms with Gasteiger partial charge in [0.15, 0.2) is 5.75 Å². The molecule has 27 heavy (non-hydrogen) atoms. The van der Waals surface area contributed by atoms with E-state index in [1.54, 1.807) is 18.2 Å². The van der Waals surface area contributed by atoms with Gasteiger partial charge in [-0.05, 0) is 30.7 Å². The molecular formula is C18H20ClN3O4S. The molecule has 7 nitrogen and oxygen atoms in total. The number of urea groups is 1. The van der Waals surface area contributed by atoms with Gasteiger partial charge in [0.1, 0.15) is 5.75 Å². The second-order valence-electron chi connectivity index (χ2n) is 6.11. The maximum absolute atomic E-state index is 12.7. The summed E-state index contributed by atoms with van der Waals surface area (Å²) in [7, 11) is -3.60. The Bertz CT molecular complexity index is 949. The number of fused-ring (bicyclic) bond motifs is 2. The highest BCUT2D eigenvalue weighted by Crippen LogP contribution is 2.40. The molecule has 0 atom stereocenters. The molecule has 0 fully saturated rings. The Hall–Kier alpha value is -2.29. The van der Waals surface area contributed by atoms with E-state index in [0.29, 0.717) is 28.6 Å². The van der Waals surface area contributed by atoms with Crippen molar-refractivity contribution in [3.05, 3.63) is 53.1 Å². The van der Waals surface area contributed by atoms with Crippen LogP contribution in [0.4, 0.5) is 10.5 Å². The molecule has 0 bridgehead atoms. The summed E-state index contributed by atoms with van der Waals surface area (Å²) in [6, 6.07) is 11.6. The number of halogens is 1. The minimum atomic E-state index is -3.60. The first-order valence-corrected chi connectivity index (χ1v) is 10.5. The number of amides is 2. The molecule has 0 radical (unpaired) electrons. The first kappa shape index (κ1) is 19.5. The largest absolute Gasteiger partial charge is 0.455 e. The van der Waals surface area contributed by atoms with Gasteiger partial charge in [-0.3, -0.25) is 10.3 Å². The number of benzene rings is 2. The second-order valence-corrected chi connectivity index (χ2v) is 8.39. The van der Waals surface area contributed by atoms with Crippen LogP contribution in [0.2, 0.25) is 5.02 Å². The van der Waals surface area contributed by atoms with Crippen LogP contribution in [0.1, 0.15) is 25.3 Å². The fraction of sp³-hybridized carbons (Fsp3) is 0.278. The van der Waals surface area contributed by atoms with Gasteiger partial charge in [-0.25, -0.2) is 13.2 Å². The normalized spacial score (nSPS) is 13.2. The number of ether oxygens (including phenoxy) is 1. The summed E-state index contributed by atoms with van der Waals surface area (Å²) in [6.45, 7) is 2.09. The predicted molar refractivity (Wildman–Crippen MR) is 105 cm³/mol. The summed E-state index contributed by atoms with van der Waals surface area (Å²) < 4.78 is 29.8. The van der Waals surface area contributed by atoms with Gasteiger partial charge in [0, 0.05) is 10.6 Å². The third kappa shape index (κ3) is 4.71. The number of nitrogens with one attached hydrogen (secondary N) is 2. The Morgan fingerprint density at radius 2 is 2.00 bits per heavy atom. The number of unbranched alkanes of at least 4 members (excludes halogenated alkanes) is 1. The van der Waals surface area contributed by atoms with E-state index in [1.165, 1.54) is 4.90 Å². The lowest BCUT2D eigenvalue weighted by molar-refractivity contribution is 0.244. The molecule has 0 saturated heterocycles. The topological polar surface area (TPSA) is 87.7 Å². The molecule has 1 heterocycles. The van der Waals surface area contributed by atoms with E-state index in [4.69, 9.17) is 16.3 Å². The number of para-hydroxylation sites is 1. The standard InChI is InChI=1S/C18H20ClN3O4S/c1-2-3-10-27(24,25)21-20-18(23)22-12-13-6-4-5-7-16(13)26-17-9-8-14(19)11-15(17)22/h4-9,11,21H,2-3,10,12H2,1H3,(H,20,23). The highest BCUT2D eigenvalue weighted by molar-refractivity contribution is 7.89. The zero-order chi connectivity index (χ0) is 19.4. The molecule has 0 spiro atoms. The molecule has 0 aromatic heterocycles. The third-order valence-electron chi connectivity index (χ3n) is 4.06. The number of carbonyl (C=O) groups excluding carboxylic acids is 1. The summed E-state index contributed by atoms with van der Waals surface area (Å²) in [5.74, 6) is 1.02. The minimum Gasteiger partial charge on any atom is -0.455 e. The lowest BCUT2D eigenvalue weighted by Crippen LogP contribution is -2.49. The van der Waals surface area contributed by atoms with Crippen molar-refractivity contribution >= 4 is 33.3 Å². The summed E-state index contributed by atoms with van der Waals surface area (Å²) in [6.07, 6.45) is 1.25. The maximum Gasteiger partial charge on any atom is 0.337 e. The van der Waals surface area contributed by atoms with E-state index >= 15 is 0 Å². The van der Waals surface area contributed by atoms with Crippen LogP contribution in [-0.4, -0.2) is 20.2 Å². The zero-order valence-corrected chi connectivity index (χ0v) is 16.3. The van der Waals surface area contributed by atoms with Crippen molar-refractivity contribution in [2.24, 2.45) is 0 Å². The molecule has 1 aliphatic rings. The van der Waals surface area contributed by atoms with Crippen LogP contribution in [0.5, 0.6) is 11.5 Å². The van der Waals surface area contributed by atoms with Crippen LogP contribution in [0.15, 0.2) is 42.5 Å². The van der Waals surface area contributed by atoms with E-state index in [0.717, 1.165) is 12.0 Å². The first-order chi connectivity index (χ1) is 12.9. The van der Waals surface area contributed by atoms with Gasteiger partial charge < -0.3 is 4.74 Å². The molecule has 0 saturated carbocycles. The average Bonchev–Trinajstić information content (AvgIpc) is 2.81. The van der Waals surface area contributed by atoms with E-state index in [-0.39, 0.29) is 12.3 Å². The van der Waals surface area contributed by atoms with E-state index in [9.17, 15) is 13.2 Å². The van der Waals surface area contributed by atoms with Crippen LogP contribution in [0.25, 0.3) is 0 Å². The van der Waals surface area contributed by atoms with E-state index in [2.05, 4.69) is 10.3 Å². The first-order valence-electron chi connectivity index (χ1n) is 8.52. The number of carbonyl (C=O) groups is 1. The van der Waals surface area contributed by atoms with Gasteiger partial charge in [-0.2, -0.15) is 0 Å². The van der Waals surface area contributed by atoms with Crippen molar-refractivity contribution in [1.82, 2.24) is 10.3 Å². The molecule has 2 aromatic carbocycles. The molecule has 1 aliphatic heterocycles. The average molecular weight is 410 g/mol. The quantitative estimate of drug-likeness (QED) is 0.735. The second kappa shape index (κ2) is 8.16. The fourth-order valence-corrected chi connectivity index (χ4v) is 3.83. The number of hydrogen-bond donors (Lipinski definition) is 2. The Morgan fingerprint density at radius 3 is 2.78 bits per heavy atom. The smallest absolute Gasteiger partial charge is 0.337 e. The number of rotatable bonds is 5. The van der Waals surface area contributed by atoms with Gasteiger partial charge in [-0.15, -0.1) is 4.83 Å². The summed E-state index contributed by atoms with van der Waals surface area (Å²) in [4.78, 5) is 16.3. The van der Waals surface area contributed by atoms with Crippen molar-refractivity contribution in [1.29, 1.82) is 0 Å². The molecule has 0 unspecified atom stereocenters. The highest BCUT2D eigenvalue weighted by atomic mass is 35.5. The predicted octanol–water partition coefficient (Wildman–Crippen LogP) is 3.80. The van der Waals surface area contributed by atoms with Gasteiger partial charge in [-0.1, -0.05) is 43.1 Å². The van der Waals surface area contributed by atoms with E-state index < -0.39 is 16.1 Å². The molecule has 2 aromatic rings. The van der Waals surface area contributed by atoms with Crippen molar-refractivity contribution in [3.63, 3.8) is 0 Å². The number of hydrogen-bond acceptors (Lipinski definition) is 4. The van der Waals surface area contributed by atoms with Crippen molar-refractivity contribution < 1.29 is 17.9 Å². The summed E-state index contributed by atoms with van der Waals surface area (Å²) in [5.41, 5.74) is 3.50. The number of nitrogens with zero attached hydrogens (tertiary/aromatic N) is 1. The lowest BCUT2D eigenvalue weighted by atomic mass is 10.2. The van der Waals surface area contributed by atoms with Crippen molar-refractivity contribution in [2.45, 2.75) is 26.3 Å². The minimum absolute atomic E-state index is 0.0574. The molecule has 144 valence electrons. The Morgan fingerprint density at radius 1 is 1.22 bits per heavy atom.